The fraction of sp³-hybridized carbons (Fsp3) is 0.250. The van der Waals surface area contributed by atoms with Crippen LogP contribution in [0.2, 0.25) is 0 Å². The van der Waals surface area contributed by atoms with Crippen molar-refractivity contribution in [1.29, 1.82) is 0 Å². The SMILES string of the molecule is Cc1cccc(C)c1-c1ccc2c(c1)B1c3cc(C(C)(C)C)cc4oc5cc(C(C)(C)C)cc(c5c34)B3c4cc(-c5c(C)cccc5C)ccc4N2N13. The molecule has 0 radical (unpaired) electrons. The van der Waals surface area contributed by atoms with Crippen molar-refractivity contribution in [3.05, 3.63) is 130 Å². The van der Waals surface area contributed by atoms with Gasteiger partial charge in [-0.15, -0.1) is 0 Å². The number of hydrazine groups is 1. The van der Waals surface area contributed by atoms with E-state index < -0.39 is 0 Å². The summed E-state index contributed by atoms with van der Waals surface area (Å²) in [6.07, 6.45) is 0. The summed E-state index contributed by atoms with van der Waals surface area (Å²) in [5.41, 5.74) is 22.8. The Balaban J connectivity index is 1.34. The lowest BCUT2D eigenvalue weighted by atomic mass is 9.40. The summed E-state index contributed by atoms with van der Waals surface area (Å²) in [7, 11) is 0. The zero-order valence-corrected chi connectivity index (χ0v) is 32.7. The lowest BCUT2D eigenvalue weighted by Gasteiger charge is -2.31. The first-order valence-electron chi connectivity index (χ1n) is 19.3. The minimum atomic E-state index is -0.0513. The predicted molar refractivity (Wildman–Crippen MR) is 228 cm³/mol. The quantitative estimate of drug-likeness (QED) is 0.169. The van der Waals surface area contributed by atoms with Crippen LogP contribution in [0.1, 0.15) is 74.9 Å². The first kappa shape index (κ1) is 32.6. The maximum absolute atomic E-state index is 7.03. The van der Waals surface area contributed by atoms with Crippen molar-refractivity contribution >= 4 is 68.9 Å². The van der Waals surface area contributed by atoms with E-state index in [2.05, 4.69) is 176 Å². The summed E-state index contributed by atoms with van der Waals surface area (Å²) >= 11 is 0. The molecule has 7 aromatic rings. The van der Waals surface area contributed by atoms with Gasteiger partial charge in [0.1, 0.15) is 11.2 Å². The van der Waals surface area contributed by atoms with Gasteiger partial charge in [0.25, 0.3) is 0 Å². The van der Waals surface area contributed by atoms with Crippen LogP contribution in [0.5, 0.6) is 0 Å². The van der Waals surface area contributed by atoms with Crippen molar-refractivity contribution in [2.24, 2.45) is 0 Å². The first-order chi connectivity index (χ1) is 25.2. The maximum atomic E-state index is 7.03. The fourth-order valence-corrected chi connectivity index (χ4v) is 9.83. The van der Waals surface area contributed by atoms with Gasteiger partial charge in [0.05, 0.1) is 11.4 Å². The van der Waals surface area contributed by atoms with Gasteiger partial charge in [0, 0.05) is 10.8 Å². The number of hydrogen-bond donors (Lipinski definition) is 0. The predicted octanol–water partition coefficient (Wildman–Crippen LogP) is 9.66. The molecule has 3 aliphatic heterocycles. The molecule has 0 aliphatic carbocycles. The third kappa shape index (κ3) is 4.53. The number of nitrogens with zero attached hydrogens (tertiary/aromatic N) is 2. The van der Waals surface area contributed by atoms with Crippen LogP contribution < -0.4 is 26.9 Å². The Bertz CT molecular complexity index is 2500. The minimum absolute atomic E-state index is 0.00795. The van der Waals surface area contributed by atoms with Gasteiger partial charge < -0.3 is 4.42 Å². The Morgan fingerprint density at radius 1 is 0.472 bits per heavy atom. The van der Waals surface area contributed by atoms with Crippen molar-refractivity contribution in [3.63, 3.8) is 0 Å². The van der Waals surface area contributed by atoms with Gasteiger partial charge in [-0.05, 0) is 140 Å². The van der Waals surface area contributed by atoms with Gasteiger partial charge in [-0.3, -0.25) is 9.84 Å². The highest BCUT2D eigenvalue weighted by Gasteiger charge is 2.56. The largest absolute Gasteiger partial charge is 0.456 e. The standard InChI is InChI=1S/C48H46B2N2O/c1-27-13-11-14-28(2)43(27)31-17-19-39-35(21-31)49-37-23-33(47(5,6)7)25-41-45(37)46-38(24-34(48(8,9)10)26-42(46)53-41)50-36-22-32(18-20-40(36)51(39)52(49)50)44-29(3)15-12-16-30(44)4/h11-26H,1-10H3. The van der Waals surface area contributed by atoms with E-state index in [4.69, 9.17) is 4.42 Å². The number of anilines is 2. The third-order valence-corrected chi connectivity index (χ3v) is 12.5. The number of aryl methyl sites for hydroxylation is 4. The molecule has 0 saturated heterocycles. The molecule has 10 rings (SSSR count). The van der Waals surface area contributed by atoms with E-state index in [-0.39, 0.29) is 24.5 Å². The van der Waals surface area contributed by atoms with Gasteiger partial charge in [-0.25, -0.2) is 0 Å². The van der Waals surface area contributed by atoms with Crippen LogP contribution in [0.3, 0.4) is 0 Å². The van der Waals surface area contributed by atoms with Crippen LogP contribution in [-0.4, -0.2) is 18.5 Å². The summed E-state index contributed by atoms with van der Waals surface area (Å²) in [4.78, 5) is 2.72. The number of rotatable bonds is 2. The van der Waals surface area contributed by atoms with E-state index in [1.807, 2.05) is 0 Å². The number of furan rings is 1. The van der Waals surface area contributed by atoms with Gasteiger partial charge in [0.15, 0.2) is 0 Å². The molecule has 0 fully saturated rings. The molecule has 1 aromatic heterocycles. The van der Waals surface area contributed by atoms with Gasteiger partial charge in [-0.1, -0.05) is 114 Å². The average Bonchev–Trinajstić information content (AvgIpc) is 3.70. The Labute approximate surface area is 314 Å². The summed E-state index contributed by atoms with van der Waals surface area (Å²) < 4.78 is 7.03. The molecule has 6 aromatic carbocycles. The number of fused-ring (bicyclic) bond motifs is 8. The van der Waals surface area contributed by atoms with Crippen LogP contribution in [0.25, 0.3) is 44.2 Å². The fourth-order valence-electron chi connectivity index (χ4n) is 9.83. The van der Waals surface area contributed by atoms with Crippen LogP contribution >= 0.6 is 0 Å². The molecule has 3 aliphatic rings. The van der Waals surface area contributed by atoms with E-state index in [0.29, 0.717) is 0 Å². The monoisotopic (exact) mass is 688 g/mol. The van der Waals surface area contributed by atoms with E-state index in [1.165, 1.54) is 99.6 Å². The highest BCUT2D eigenvalue weighted by atomic mass is 16.3. The second-order valence-corrected chi connectivity index (χ2v) is 18.1. The highest BCUT2D eigenvalue weighted by Crippen LogP contribution is 2.44. The molecule has 0 unspecified atom stereocenters. The van der Waals surface area contributed by atoms with E-state index in [1.54, 1.807) is 0 Å². The van der Waals surface area contributed by atoms with Crippen LogP contribution in [0.4, 0.5) is 11.4 Å². The molecule has 0 saturated carbocycles. The third-order valence-electron chi connectivity index (χ3n) is 12.5. The van der Waals surface area contributed by atoms with Crippen LogP contribution in [0, 0.1) is 27.7 Å². The van der Waals surface area contributed by atoms with Gasteiger partial charge in [0.2, 0.25) is 0 Å². The molecule has 260 valence electrons. The normalized spacial score (nSPS) is 14.8. The average molecular weight is 689 g/mol. The van der Waals surface area contributed by atoms with Gasteiger partial charge in [-0.2, -0.15) is 0 Å². The Kier molecular flexibility index (Phi) is 6.65. The molecule has 0 spiro atoms. The summed E-state index contributed by atoms with van der Waals surface area (Å²) in [6.45, 7) is 22.9. The van der Waals surface area contributed by atoms with Crippen LogP contribution in [0.15, 0.2) is 101 Å². The maximum Gasteiger partial charge on any atom is 0.303 e. The van der Waals surface area contributed by atoms with E-state index in [0.717, 1.165) is 11.2 Å². The van der Waals surface area contributed by atoms with Gasteiger partial charge >= 0.3 is 13.7 Å². The zero-order chi connectivity index (χ0) is 36.9. The molecule has 53 heavy (non-hydrogen) atoms. The minimum Gasteiger partial charge on any atom is -0.456 e. The lowest BCUT2D eigenvalue weighted by molar-refractivity contribution is 0.585. The Hall–Kier alpha value is -4.99. The molecule has 5 heteroatoms. The van der Waals surface area contributed by atoms with E-state index in [9.17, 15) is 0 Å². The molecule has 0 bridgehead atoms. The number of benzene rings is 6. The second-order valence-electron chi connectivity index (χ2n) is 18.1. The van der Waals surface area contributed by atoms with Crippen LogP contribution in [-0.2, 0) is 10.8 Å². The molecule has 4 heterocycles. The Morgan fingerprint density at radius 3 is 1.25 bits per heavy atom. The number of hydrogen-bond acceptors (Lipinski definition) is 3. The van der Waals surface area contributed by atoms with Crippen molar-refractivity contribution in [2.45, 2.75) is 80.1 Å². The van der Waals surface area contributed by atoms with Crippen molar-refractivity contribution in [3.8, 4) is 22.3 Å². The molecular formula is C48H46B2N2O. The molecule has 0 atom stereocenters. The Morgan fingerprint density at radius 2 is 0.868 bits per heavy atom. The molecule has 3 nitrogen and oxygen atoms in total. The first-order valence-corrected chi connectivity index (χ1v) is 19.3. The summed E-state index contributed by atoms with van der Waals surface area (Å²) in [5, 5.41) is 5.10. The van der Waals surface area contributed by atoms with Crippen molar-refractivity contribution in [1.82, 2.24) is 4.83 Å². The smallest absolute Gasteiger partial charge is 0.303 e. The summed E-state index contributed by atoms with van der Waals surface area (Å²) in [6, 6.07) is 37.4. The second kappa shape index (κ2) is 10.8. The molecule has 0 N–H and O–H groups in total. The van der Waals surface area contributed by atoms with E-state index >= 15 is 0 Å². The molecule has 0 amide bonds. The highest BCUT2D eigenvalue weighted by molar-refractivity contribution is 7.03. The topological polar surface area (TPSA) is 19.6 Å². The zero-order valence-electron chi connectivity index (χ0n) is 32.7. The summed E-state index contributed by atoms with van der Waals surface area (Å²) in [5.74, 6) is 0. The van der Waals surface area contributed by atoms with Crippen molar-refractivity contribution in [2.75, 3.05) is 5.01 Å². The lowest BCUT2D eigenvalue weighted by Crippen LogP contribution is -2.63. The van der Waals surface area contributed by atoms with Crippen molar-refractivity contribution < 1.29 is 4.42 Å². The molecular weight excluding hydrogens is 642 g/mol.